The fourth-order valence-corrected chi connectivity index (χ4v) is 2.52. The Morgan fingerprint density at radius 2 is 2.05 bits per heavy atom. The predicted molar refractivity (Wildman–Crippen MR) is 78.2 cm³/mol. The van der Waals surface area contributed by atoms with Gasteiger partial charge in [-0.05, 0) is 23.1 Å². The third kappa shape index (κ3) is 4.09. The Hall–Kier alpha value is -1.31. The normalized spacial score (nSPS) is 10.0. The number of ether oxygens (including phenoxy) is 1. The minimum atomic E-state index is -0.129. The van der Waals surface area contributed by atoms with Crippen molar-refractivity contribution in [2.45, 2.75) is 13.2 Å². The average molecular weight is 293 g/mol. The number of aliphatic hydroxyl groups is 1. The number of thiophene rings is 1. The molecule has 0 aliphatic heterocycles. The molecule has 98 valence electrons. The molecule has 1 aromatic heterocycles. The summed E-state index contributed by atoms with van der Waals surface area (Å²) in [5.74, 6) is 5.55. The Morgan fingerprint density at radius 3 is 2.84 bits per heavy atom. The van der Waals surface area contributed by atoms with Gasteiger partial charge in [-0.25, -0.2) is 0 Å². The van der Waals surface area contributed by atoms with Crippen molar-refractivity contribution < 1.29 is 9.84 Å². The van der Waals surface area contributed by atoms with Crippen LogP contribution in [-0.2, 0) is 18.0 Å². The van der Waals surface area contributed by atoms with Crippen LogP contribution in [-0.4, -0.2) is 11.7 Å². The first-order valence-corrected chi connectivity index (χ1v) is 7.04. The number of hydrogen-bond acceptors (Lipinski definition) is 3. The van der Waals surface area contributed by atoms with Crippen molar-refractivity contribution in [3.63, 3.8) is 0 Å². The smallest absolute Gasteiger partial charge is 0.104 e. The van der Waals surface area contributed by atoms with Gasteiger partial charge in [0.1, 0.15) is 6.61 Å². The molecule has 4 heteroatoms. The van der Waals surface area contributed by atoms with Crippen molar-refractivity contribution in [1.82, 2.24) is 0 Å². The largest absolute Gasteiger partial charge is 0.384 e. The van der Waals surface area contributed by atoms with Gasteiger partial charge in [0, 0.05) is 15.5 Å². The standard InChI is InChI=1S/C15H13ClO2S/c16-14-6-2-1-4-13(14)10-18-11-15-12(5-3-8-17)7-9-19-15/h1-2,4,6-7,9,17H,8,10-11H2. The van der Waals surface area contributed by atoms with Gasteiger partial charge in [0.25, 0.3) is 0 Å². The zero-order valence-corrected chi connectivity index (χ0v) is 11.8. The Bertz CT molecular complexity index is 595. The van der Waals surface area contributed by atoms with Crippen LogP contribution in [0, 0.1) is 11.8 Å². The topological polar surface area (TPSA) is 29.5 Å². The van der Waals surface area contributed by atoms with Crippen molar-refractivity contribution in [2.24, 2.45) is 0 Å². The van der Waals surface area contributed by atoms with Crippen LogP contribution in [0.4, 0.5) is 0 Å². The molecule has 19 heavy (non-hydrogen) atoms. The van der Waals surface area contributed by atoms with E-state index in [1.807, 2.05) is 35.7 Å². The SMILES string of the molecule is OCC#Cc1ccsc1COCc1ccccc1Cl. The first-order valence-electron chi connectivity index (χ1n) is 5.78. The molecule has 0 aliphatic carbocycles. The first-order chi connectivity index (χ1) is 9.31. The van der Waals surface area contributed by atoms with Crippen molar-refractivity contribution in [3.05, 3.63) is 56.7 Å². The minimum Gasteiger partial charge on any atom is -0.384 e. The summed E-state index contributed by atoms with van der Waals surface area (Å²) in [6, 6.07) is 9.57. The number of benzene rings is 1. The van der Waals surface area contributed by atoms with Crippen molar-refractivity contribution in [1.29, 1.82) is 0 Å². The lowest BCUT2D eigenvalue weighted by atomic mass is 10.2. The molecule has 0 fully saturated rings. The Kier molecular flexibility index (Phi) is 5.44. The van der Waals surface area contributed by atoms with Gasteiger partial charge in [-0.1, -0.05) is 41.6 Å². The van der Waals surface area contributed by atoms with Gasteiger partial charge in [0.15, 0.2) is 0 Å². The molecule has 1 heterocycles. The monoisotopic (exact) mass is 292 g/mol. The molecular weight excluding hydrogens is 280 g/mol. The van der Waals surface area contributed by atoms with Crippen LogP contribution < -0.4 is 0 Å². The predicted octanol–water partition coefficient (Wildman–Crippen LogP) is 3.46. The molecule has 0 aliphatic rings. The molecule has 0 bridgehead atoms. The maximum absolute atomic E-state index is 8.70. The van der Waals surface area contributed by atoms with Crippen molar-refractivity contribution in [2.75, 3.05) is 6.61 Å². The highest BCUT2D eigenvalue weighted by Crippen LogP contribution is 2.20. The second-order valence-electron chi connectivity index (χ2n) is 3.80. The molecule has 0 spiro atoms. The van der Waals surface area contributed by atoms with Crippen LogP contribution in [0.2, 0.25) is 5.02 Å². The Morgan fingerprint density at radius 1 is 1.21 bits per heavy atom. The Balaban J connectivity index is 1.93. The molecule has 0 unspecified atom stereocenters. The van der Waals surface area contributed by atoms with E-state index >= 15 is 0 Å². The maximum atomic E-state index is 8.70. The van der Waals surface area contributed by atoms with Crippen LogP contribution in [0.5, 0.6) is 0 Å². The number of halogens is 1. The average Bonchev–Trinajstić information content (AvgIpc) is 2.86. The first kappa shape index (κ1) is 14.1. The quantitative estimate of drug-likeness (QED) is 0.875. The summed E-state index contributed by atoms with van der Waals surface area (Å²) in [5.41, 5.74) is 1.89. The van der Waals surface area contributed by atoms with Crippen LogP contribution in [0.1, 0.15) is 16.0 Å². The van der Waals surface area contributed by atoms with E-state index in [4.69, 9.17) is 21.4 Å². The molecule has 0 saturated carbocycles. The molecule has 1 aromatic carbocycles. The maximum Gasteiger partial charge on any atom is 0.104 e. The van der Waals surface area contributed by atoms with Crippen LogP contribution in [0.3, 0.4) is 0 Å². The van der Waals surface area contributed by atoms with Crippen molar-refractivity contribution in [3.8, 4) is 11.8 Å². The van der Waals surface area contributed by atoms with Gasteiger partial charge in [0.05, 0.1) is 13.2 Å². The third-order valence-electron chi connectivity index (χ3n) is 2.50. The molecule has 0 atom stereocenters. The summed E-state index contributed by atoms with van der Waals surface area (Å²) in [5, 5.41) is 11.4. The molecule has 0 saturated heterocycles. The van der Waals surface area contributed by atoms with Gasteiger partial charge in [-0.15, -0.1) is 11.3 Å². The third-order valence-corrected chi connectivity index (χ3v) is 3.76. The van der Waals surface area contributed by atoms with E-state index in [1.165, 1.54) is 0 Å². The summed E-state index contributed by atoms with van der Waals surface area (Å²) in [7, 11) is 0. The number of rotatable bonds is 4. The Labute approximate surface area is 121 Å². The van der Waals surface area contributed by atoms with Gasteiger partial charge in [-0.2, -0.15) is 0 Å². The van der Waals surface area contributed by atoms with Crippen LogP contribution in [0.15, 0.2) is 35.7 Å². The summed E-state index contributed by atoms with van der Waals surface area (Å²) in [4.78, 5) is 1.06. The highest BCUT2D eigenvalue weighted by Gasteiger charge is 2.03. The van der Waals surface area contributed by atoms with E-state index in [1.54, 1.807) is 11.3 Å². The van der Waals surface area contributed by atoms with E-state index in [2.05, 4.69) is 11.8 Å². The lowest BCUT2D eigenvalue weighted by molar-refractivity contribution is 0.109. The van der Waals surface area contributed by atoms with Gasteiger partial charge < -0.3 is 9.84 Å². The number of hydrogen-bond donors (Lipinski definition) is 1. The van der Waals surface area contributed by atoms with E-state index in [0.717, 1.165) is 16.0 Å². The molecule has 1 N–H and O–H groups in total. The molecular formula is C15H13ClO2S. The molecule has 0 radical (unpaired) electrons. The second-order valence-corrected chi connectivity index (χ2v) is 5.21. The minimum absolute atomic E-state index is 0.129. The zero-order chi connectivity index (χ0) is 13.5. The highest BCUT2D eigenvalue weighted by molar-refractivity contribution is 7.10. The van der Waals surface area contributed by atoms with E-state index in [9.17, 15) is 0 Å². The van der Waals surface area contributed by atoms with E-state index in [-0.39, 0.29) is 6.61 Å². The van der Waals surface area contributed by atoms with Gasteiger partial charge in [0.2, 0.25) is 0 Å². The summed E-state index contributed by atoms with van der Waals surface area (Å²) in [6.45, 7) is 0.846. The number of aliphatic hydroxyl groups excluding tert-OH is 1. The summed E-state index contributed by atoms with van der Waals surface area (Å²) >= 11 is 7.65. The molecule has 2 nitrogen and oxygen atoms in total. The van der Waals surface area contributed by atoms with Crippen molar-refractivity contribution >= 4 is 22.9 Å². The fourth-order valence-electron chi connectivity index (χ4n) is 1.57. The van der Waals surface area contributed by atoms with Crippen LogP contribution >= 0.6 is 22.9 Å². The second kappa shape index (κ2) is 7.32. The zero-order valence-electron chi connectivity index (χ0n) is 10.2. The molecule has 2 rings (SSSR count). The molecule has 2 aromatic rings. The summed E-state index contributed by atoms with van der Waals surface area (Å²) in [6.07, 6.45) is 0. The van der Waals surface area contributed by atoms with Gasteiger partial charge in [-0.3, -0.25) is 0 Å². The lowest BCUT2D eigenvalue weighted by Gasteiger charge is -2.05. The van der Waals surface area contributed by atoms with Crippen LogP contribution in [0.25, 0.3) is 0 Å². The summed E-state index contributed by atoms with van der Waals surface area (Å²) < 4.78 is 5.66. The van der Waals surface area contributed by atoms with E-state index < -0.39 is 0 Å². The molecule has 0 amide bonds. The lowest BCUT2D eigenvalue weighted by Crippen LogP contribution is -1.94. The van der Waals surface area contributed by atoms with E-state index in [0.29, 0.717) is 18.2 Å². The van der Waals surface area contributed by atoms with Gasteiger partial charge >= 0.3 is 0 Å². The highest BCUT2D eigenvalue weighted by atomic mass is 35.5. The fraction of sp³-hybridized carbons (Fsp3) is 0.200.